The number of nitrogens with zero attached hydrogens (tertiary/aromatic N) is 6. The molecule has 1 fully saturated rings. The summed E-state index contributed by atoms with van der Waals surface area (Å²) in [5.41, 5.74) is 0. The Hall–Kier alpha value is -2.25. The third-order valence-corrected chi connectivity index (χ3v) is 5.20. The summed E-state index contributed by atoms with van der Waals surface area (Å²) in [5.74, 6) is 4.18. The number of hydrogen-bond donors (Lipinski definition) is 0. The monoisotopic (exact) mass is 344 g/mol. The molecule has 0 radical (unpaired) electrons. The highest BCUT2D eigenvalue weighted by Crippen LogP contribution is 2.29. The van der Waals surface area contributed by atoms with Crippen molar-refractivity contribution >= 4 is 5.91 Å². The van der Waals surface area contributed by atoms with Crippen LogP contribution in [0.5, 0.6) is 0 Å². The average molecular weight is 344 g/mol. The third-order valence-electron chi connectivity index (χ3n) is 5.20. The smallest absolute Gasteiger partial charge is 0.226 e. The van der Waals surface area contributed by atoms with Crippen LogP contribution in [0.4, 0.5) is 0 Å². The second kappa shape index (κ2) is 6.93. The molecule has 8 nitrogen and oxygen atoms in total. The maximum atomic E-state index is 12.4. The van der Waals surface area contributed by atoms with Crippen molar-refractivity contribution in [3.8, 4) is 0 Å². The van der Waals surface area contributed by atoms with Gasteiger partial charge in [0.15, 0.2) is 5.82 Å². The number of rotatable bonds is 5. The fourth-order valence-electron chi connectivity index (χ4n) is 3.85. The molecule has 0 atom stereocenters. The van der Waals surface area contributed by atoms with E-state index < -0.39 is 0 Å². The molecule has 4 heterocycles. The first-order chi connectivity index (χ1) is 12.2. The Morgan fingerprint density at radius 1 is 1.24 bits per heavy atom. The van der Waals surface area contributed by atoms with Crippen molar-refractivity contribution < 1.29 is 9.32 Å². The minimum absolute atomic E-state index is 0.223. The molecule has 2 aromatic rings. The Bertz CT molecular complexity index is 744. The zero-order valence-corrected chi connectivity index (χ0v) is 14.6. The number of carbonyl (C=O) groups is 1. The second-order valence-corrected chi connectivity index (χ2v) is 6.97. The van der Waals surface area contributed by atoms with Gasteiger partial charge >= 0.3 is 0 Å². The summed E-state index contributed by atoms with van der Waals surface area (Å²) in [5, 5.41) is 12.5. The maximum absolute atomic E-state index is 12.4. The molecular formula is C17H24N6O2. The van der Waals surface area contributed by atoms with Gasteiger partial charge in [0.2, 0.25) is 11.8 Å². The lowest BCUT2D eigenvalue weighted by Gasteiger charge is -2.31. The van der Waals surface area contributed by atoms with E-state index in [-0.39, 0.29) is 5.91 Å². The molecule has 4 rings (SSSR count). The van der Waals surface area contributed by atoms with Crippen LogP contribution in [0.2, 0.25) is 0 Å². The Balaban J connectivity index is 1.24. The topological polar surface area (TPSA) is 89.9 Å². The molecule has 0 saturated carbocycles. The molecule has 2 aliphatic rings. The van der Waals surface area contributed by atoms with Crippen LogP contribution < -0.4 is 0 Å². The predicted octanol–water partition coefficient (Wildman–Crippen LogP) is 1.64. The van der Waals surface area contributed by atoms with Gasteiger partial charge in [0, 0.05) is 44.8 Å². The Kier molecular flexibility index (Phi) is 4.50. The van der Waals surface area contributed by atoms with Crippen molar-refractivity contribution in [3.05, 3.63) is 23.4 Å². The van der Waals surface area contributed by atoms with Gasteiger partial charge in [-0.05, 0) is 32.6 Å². The van der Waals surface area contributed by atoms with Crippen LogP contribution in [-0.2, 0) is 24.2 Å². The molecule has 2 aromatic heterocycles. The predicted molar refractivity (Wildman–Crippen MR) is 88.9 cm³/mol. The first-order valence-corrected chi connectivity index (χ1v) is 9.19. The van der Waals surface area contributed by atoms with Crippen molar-refractivity contribution in [1.29, 1.82) is 0 Å². The van der Waals surface area contributed by atoms with Crippen LogP contribution in [0.3, 0.4) is 0 Å². The van der Waals surface area contributed by atoms with E-state index >= 15 is 0 Å². The summed E-state index contributed by atoms with van der Waals surface area (Å²) < 4.78 is 7.37. The molecule has 0 bridgehead atoms. The van der Waals surface area contributed by atoms with Crippen LogP contribution in [0.15, 0.2) is 4.52 Å². The summed E-state index contributed by atoms with van der Waals surface area (Å²) in [7, 11) is 0. The van der Waals surface area contributed by atoms with Gasteiger partial charge in [0.1, 0.15) is 11.6 Å². The van der Waals surface area contributed by atoms with Gasteiger partial charge < -0.3 is 14.0 Å². The largest absolute Gasteiger partial charge is 0.343 e. The number of aryl methyl sites for hydroxylation is 3. The summed E-state index contributed by atoms with van der Waals surface area (Å²) in [6, 6.07) is 0. The van der Waals surface area contributed by atoms with Crippen LogP contribution in [0.1, 0.15) is 61.4 Å². The van der Waals surface area contributed by atoms with Crippen molar-refractivity contribution in [3.63, 3.8) is 0 Å². The van der Waals surface area contributed by atoms with Gasteiger partial charge in [-0.15, -0.1) is 10.2 Å². The fraction of sp³-hybridized carbons (Fsp3) is 0.706. The zero-order chi connectivity index (χ0) is 17.2. The van der Waals surface area contributed by atoms with Gasteiger partial charge in [-0.3, -0.25) is 4.79 Å². The molecule has 1 amide bonds. The SMILES string of the molecule is Cc1noc(CCCC(=O)N2CCC(c3nnc4n3CCC4)CC2)n1. The molecule has 0 spiro atoms. The molecule has 2 aliphatic heterocycles. The highest BCUT2D eigenvalue weighted by molar-refractivity contribution is 5.76. The van der Waals surface area contributed by atoms with Gasteiger partial charge in [-0.2, -0.15) is 4.98 Å². The van der Waals surface area contributed by atoms with E-state index in [1.165, 1.54) is 6.42 Å². The minimum atomic E-state index is 0.223. The van der Waals surface area contributed by atoms with E-state index in [2.05, 4.69) is 24.9 Å². The average Bonchev–Trinajstić information content (AvgIpc) is 3.32. The molecule has 0 unspecified atom stereocenters. The Labute approximate surface area is 146 Å². The summed E-state index contributed by atoms with van der Waals surface area (Å²) in [4.78, 5) is 18.6. The molecule has 25 heavy (non-hydrogen) atoms. The van der Waals surface area contributed by atoms with Crippen molar-refractivity contribution in [2.24, 2.45) is 0 Å². The number of carbonyl (C=O) groups excluding carboxylic acids is 1. The van der Waals surface area contributed by atoms with Crippen molar-refractivity contribution in [1.82, 2.24) is 29.8 Å². The number of fused-ring (bicyclic) bond motifs is 1. The van der Waals surface area contributed by atoms with E-state index in [1.807, 2.05) is 4.90 Å². The molecular weight excluding hydrogens is 320 g/mol. The van der Waals surface area contributed by atoms with E-state index in [0.29, 0.717) is 30.5 Å². The van der Waals surface area contributed by atoms with Crippen LogP contribution in [0.25, 0.3) is 0 Å². The third kappa shape index (κ3) is 3.43. The minimum Gasteiger partial charge on any atom is -0.343 e. The molecule has 0 N–H and O–H groups in total. The highest BCUT2D eigenvalue weighted by Gasteiger charge is 2.29. The van der Waals surface area contributed by atoms with Gasteiger partial charge in [-0.25, -0.2) is 0 Å². The highest BCUT2D eigenvalue weighted by atomic mass is 16.5. The van der Waals surface area contributed by atoms with Crippen molar-refractivity contribution in [2.75, 3.05) is 13.1 Å². The summed E-state index contributed by atoms with van der Waals surface area (Å²) in [6.45, 7) is 4.47. The van der Waals surface area contributed by atoms with Crippen LogP contribution in [0, 0.1) is 6.92 Å². The van der Waals surface area contributed by atoms with Gasteiger partial charge in [0.25, 0.3) is 0 Å². The normalized spacial score (nSPS) is 17.9. The molecule has 134 valence electrons. The van der Waals surface area contributed by atoms with Gasteiger partial charge in [-0.1, -0.05) is 5.16 Å². The summed E-state index contributed by atoms with van der Waals surface area (Å²) >= 11 is 0. The quantitative estimate of drug-likeness (QED) is 0.819. The fourth-order valence-corrected chi connectivity index (χ4v) is 3.85. The van der Waals surface area contributed by atoms with Crippen LogP contribution >= 0.6 is 0 Å². The number of likely N-dealkylation sites (tertiary alicyclic amines) is 1. The number of hydrogen-bond acceptors (Lipinski definition) is 6. The zero-order valence-electron chi connectivity index (χ0n) is 14.6. The molecule has 8 heteroatoms. The number of aromatic nitrogens is 5. The van der Waals surface area contributed by atoms with Gasteiger partial charge in [0.05, 0.1) is 0 Å². The first kappa shape index (κ1) is 16.2. The Morgan fingerprint density at radius 2 is 2.08 bits per heavy atom. The second-order valence-electron chi connectivity index (χ2n) is 6.97. The lowest BCUT2D eigenvalue weighted by atomic mass is 9.95. The van der Waals surface area contributed by atoms with E-state index in [0.717, 1.165) is 57.0 Å². The lowest BCUT2D eigenvalue weighted by molar-refractivity contribution is -0.132. The summed E-state index contributed by atoms with van der Waals surface area (Å²) in [6.07, 6.45) is 6.12. The van der Waals surface area contributed by atoms with Crippen LogP contribution in [-0.4, -0.2) is 48.8 Å². The van der Waals surface area contributed by atoms with E-state index in [4.69, 9.17) is 4.52 Å². The first-order valence-electron chi connectivity index (χ1n) is 9.19. The van der Waals surface area contributed by atoms with E-state index in [9.17, 15) is 4.79 Å². The Morgan fingerprint density at radius 3 is 2.84 bits per heavy atom. The number of piperidine rings is 1. The van der Waals surface area contributed by atoms with Crippen molar-refractivity contribution in [2.45, 2.75) is 64.3 Å². The maximum Gasteiger partial charge on any atom is 0.226 e. The molecule has 0 aromatic carbocycles. The standard InChI is InChI=1S/C17H24N6O2/c1-12-18-15(25-21-12)5-2-6-16(24)22-10-7-13(8-11-22)17-20-19-14-4-3-9-23(14)17/h13H,2-11H2,1H3. The number of amides is 1. The molecule has 1 saturated heterocycles. The van der Waals surface area contributed by atoms with E-state index in [1.54, 1.807) is 6.92 Å². The molecule has 0 aliphatic carbocycles. The lowest BCUT2D eigenvalue weighted by Crippen LogP contribution is -2.38.